The second kappa shape index (κ2) is 10.6. The fourth-order valence-corrected chi connectivity index (χ4v) is 5.41. The highest BCUT2D eigenvalue weighted by atomic mass is 32.2. The molecular formula is C19H25NO5S2. The van der Waals surface area contributed by atoms with Gasteiger partial charge in [-0.1, -0.05) is 32.4 Å². The Morgan fingerprint density at radius 2 is 1.81 bits per heavy atom. The summed E-state index contributed by atoms with van der Waals surface area (Å²) in [6.07, 6.45) is 0.698. The number of rotatable bonds is 8. The van der Waals surface area contributed by atoms with Crippen molar-refractivity contribution in [3.8, 4) is 0 Å². The number of benzene rings is 1. The lowest BCUT2D eigenvalue weighted by Gasteiger charge is -2.21. The van der Waals surface area contributed by atoms with Gasteiger partial charge in [0.1, 0.15) is 6.04 Å². The fraction of sp³-hybridized carbons (Fsp3) is 0.526. The van der Waals surface area contributed by atoms with E-state index in [1.54, 1.807) is 12.1 Å². The number of carbonyl (C=O) groups excluding carboxylic acids is 3. The maximum atomic E-state index is 12.1. The summed E-state index contributed by atoms with van der Waals surface area (Å²) in [4.78, 5) is 36.0. The first-order valence-corrected chi connectivity index (χ1v) is 10.9. The minimum atomic E-state index is -0.758. The molecule has 1 amide bonds. The van der Waals surface area contributed by atoms with Crippen LogP contribution in [0.1, 0.15) is 40.8 Å². The van der Waals surface area contributed by atoms with Gasteiger partial charge in [-0.3, -0.25) is 4.79 Å². The van der Waals surface area contributed by atoms with Crippen molar-refractivity contribution < 1.29 is 23.9 Å². The molecule has 1 aromatic rings. The number of carbonyl (C=O) groups is 3. The molecule has 27 heavy (non-hydrogen) atoms. The first kappa shape index (κ1) is 21.6. The summed E-state index contributed by atoms with van der Waals surface area (Å²) in [6, 6.07) is 6.51. The van der Waals surface area contributed by atoms with Gasteiger partial charge in [-0.05, 0) is 23.6 Å². The van der Waals surface area contributed by atoms with Gasteiger partial charge < -0.3 is 14.8 Å². The average Bonchev–Trinajstić information content (AvgIpc) is 3.24. The van der Waals surface area contributed by atoms with Gasteiger partial charge in [0, 0.05) is 11.5 Å². The summed E-state index contributed by atoms with van der Waals surface area (Å²) in [6.45, 7) is 3.31. The van der Waals surface area contributed by atoms with E-state index in [1.807, 2.05) is 49.5 Å². The molecule has 0 bridgehead atoms. The SMILES string of the molecule is CC[C@H](C)[C@@H](NC(=O)COC(=O)c1ccc(C2SCCS2)cc1)C(=O)OC. The van der Waals surface area contributed by atoms with Crippen LogP contribution in [0.4, 0.5) is 0 Å². The van der Waals surface area contributed by atoms with Gasteiger partial charge >= 0.3 is 11.9 Å². The molecule has 1 aliphatic heterocycles. The Bertz CT molecular complexity index is 659. The van der Waals surface area contributed by atoms with E-state index in [9.17, 15) is 14.4 Å². The Hall–Kier alpha value is -1.67. The Kier molecular flexibility index (Phi) is 8.50. The van der Waals surface area contributed by atoms with Crippen LogP contribution in [0.5, 0.6) is 0 Å². The smallest absolute Gasteiger partial charge is 0.338 e. The molecule has 1 N–H and O–H groups in total. The Morgan fingerprint density at radius 1 is 1.19 bits per heavy atom. The Balaban J connectivity index is 1.86. The van der Waals surface area contributed by atoms with Crippen LogP contribution in [0.3, 0.4) is 0 Å². The van der Waals surface area contributed by atoms with Gasteiger partial charge in [0.05, 0.1) is 17.3 Å². The zero-order valence-electron chi connectivity index (χ0n) is 15.7. The molecule has 1 saturated heterocycles. The van der Waals surface area contributed by atoms with E-state index in [2.05, 4.69) is 5.32 Å². The number of hydrogen-bond acceptors (Lipinski definition) is 7. The molecule has 0 saturated carbocycles. The first-order chi connectivity index (χ1) is 13.0. The molecule has 0 aliphatic carbocycles. The van der Waals surface area contributed by atoms with Crippen LogP contribution < -0.4 is 5.32 Å². The fourth-order valence-electron chi connectivity index (χ4n) is 2.55. The predicted molar refractivity (Wildman–Crippen MR) is 108 cm³/mol. The second-order valence-corrected chi connectivity index (χ2v) is 8.95. The van der Waals surface area contributed by atoms with Gasteiger partial charge in [-0.25, -0.2) is 9.59 Å². The van der Waals surface area contributed by atoms with Crippen LogP contribution in [0.2, 0.25) is 0 Å². The molecule has 1 fully saturated rings. The molecule has 0 radical (unpaired) electrons. The van der Waals surface area contributed by atoms with E-state index in [0.717, 1.165) is 11.5 Å². The molecule has 0 unspecified atom stereocenters. The number of ether oxygens (including phenoxy) is 2. The molecule has 0 spiro atoms. The zero-order chi connectivity index (χ0) is 19.8. The minimum Gasteiger partial charge on any atom is -0.467 e. The van der Waals surface area contributed by atoms with Crippen molar-refractivity contribution in [2.45, 2.75) is 30.9 Å². The Morgan fingerprint density at radius 3 is 2.37 bits per heavy atom. The van der Waals surface area contributed by atoms with E-state index < -0.39 is 30.5 Å². The summed E-state index contributed by atoms with van der Waals surface area (Å²) in [7, 11) is 1.27. The third-order valence-corrected chi connectivity index (χ3v) is 7.46. The number of thioether (sulfide) groups is 2. The lowest BCUT2D eigenvalue weighted by atomic mass is 9.99. The molecule has 148 valence electrons. The van der Waals surface area contributed by atoms with E-state index >= 15 is 0 Å². The van der Waals surface area contributed by atoms with E-state index in [-0.39, 0.29) is 5.92 Å². The molecular weight excluding hydrogens is 386 g/mol. The largest absolute Gasteiger partial charge is 0.467 e. The summed E-state index contributed by atoms with van der Waals surface area (Å²) in [5.74, 6) is 0.573. The van der Waals surface area contributed by atoms with Crippen molar-refractivity contribution in [3.05, 3.63) is 35.4 Å². The number of amides is 1. The lowest BCUT2D eigenvalue weighted by Crippen LogP contribution is -2.47. The highest BCUT2D eigenvalue weighted by molar-refractivity contribution is 8.19. The molecule has 1 heterocycles. The zero-order valence-corrected chi connectivity index (χ0v) is 17.4. The van der Waals surface area contributed by atoms with Crippen molar-refractivity contribution in [3.63, 3.8) is 0 Å². The predicted octanol–water partition coefficient (Wildman–Crippen LogP) is 3.03. The van der Waals surface area contributed by atoms with Crippen molar-refractivity contribution in [2.75, 3.05) is 25.2 Å². The van der Waals surface area contributed by atoms with Crippen LogP contribution in [0.25, 0.3) is 0 Å². The number of hydrogen-bond donors (Lipinski definition) is 1. The van der Waals surface area contributed by atoms with Crippen molar-refractivity contribution >= 4 is 41.4 Å². The van der Waals surface area contributed by atoms with Gasteiger partial charge in [-0.15, -0.1) is 23.5 Å². The van der Waals surface area contributed by atoms with Crippen molar-refractivity contribution in [2.24, 2.45) is 5.92 Å². The van der Waals surface area contributed by atoms with Crippen LogP contribution in [-0.4, -0.2) is 49.1 Å². The van der Waals surface area contributed by atoms with Gasteiger partial charge in [-0.2, -0.15) is 0 Å². The molecule has 2 atom stereocenters. The van der Waals surface area contributed by atoms with Crippen LogP contribution >= 0.6 is 23.5 Å². The molecule has 1 aromatic carbocycles. The van der Waals surface area contributed by atoms with E-state index in [4.69, 9.17) is 9.47 Å². The first-order valence-electron chi connectivity index (χ1n) is 8.83. The van der Waals surface area contributed by atoms with Crippen LogP contribution in [0, 0.1) is 5.92 Å². The van der Waals surface area contributed by atoms with Crippen LogP contribution in [0.15, 0.2) is 24.3 Å². The maximum Gasteiger partial charge on any atom is 0.338 e. The number of nitrogens with one attached hydrogen (secondary N) is 1. The van der Waals surface area contributed by atoms with E-state index in [1.165, 1.54) is 12.7 Å². The quantitative estimate of drug-likeness (QED) is 0.659. The Labute approximate surface area is 168 Å². The van der Waals surface area contributed by atoms with Crippen LogP contribution in [-0.2, 0) is 19.1 Å². The van der Waals surface area contributed by atoms with Gasteiger partial charge in [0.25, 0.3) is 5.91 Å². The molecule has 8 heteroatoms. The topological polar surface area (TPSA) is 81.7 Å². The van der Waals surface area contributed by atoms with Crippen molar-refractivity contribution in [1.29, 1.82) is 0 Å². The summed E-state index contributed by atoms with van der Waals surface area (Å²) < 4.78 is 10.2. The minimum absolute atomic E-state index is 0.0871. The highest BCUT2D eigenvalue weighted by Crippen LogP contribution is 2.45. The average molecular weight is 412 g/mol. The van der Waals surface area contributed by atoms with Gasteiger partial charge in [0.2, 0.25) is 0 Å². The monoisotopic (exact) mass is 411 g/mol. The van der Waals surface area contributed by atoms with Crippen molar-refractivity contribution in [1.82, 2.24) is 5.32 Å². The molecule has 1 aliphatic rings. The highest BCUT2D eigenvalue weighted by Gasteiger charge is 2.27. The number of esters is 2. The summed E-state index contributed by atoms with van der Waals surface area (Å²) in [5.41, 5.74) is 1.57. The third-order valence-electron chi connectivity index (χ3n) is 4.36. The normalized spacial score (nSPS) is 16.4. The number of methoxy groups -OCH3 is 1. The lowest BCUT2D eigenvalue weighted by molar-refractivity contribution is -0.147. The second-order valence-electron chi connectivity index (χ2n) is 6.23. The standard InChI is InChI=1S/C19H25NO5S2/c1-4-12(2)16(18(23)24-3)20-15(21)11-25-17(22)13-5-7-14(8-6-13)19-26-9-10-27-19/h5-8,12,16,19H,4,9-11H2,1-3H3,(H,20,21)/t12-,16+/m0/s1. The molecule has 0 aromatic heterocycles. The van der Waals surface area contributed by atoms with Gasteiger partial charge in [0.15, 0.2) is 6.61 Å². The van der Waals surface area contributed by atoms with E-state index in [0.29, 0.717) is 16.6 Å². The summed E-state index contributed by atoms with van der Waals surface area (Å²) >= 11 is 3.79. The third kappa shape index (κ3) is 6.17. The maximum absolute atomic E-state index is 12.1. The molecule has 6 nitrogen and oxygen atoms in total. The summed E-state index contributed by atoms with van der Waals surface area (Å²) in [5, 5.41) is 2.58. The molecule has 2 rings (SSSR count).